The van der Waals surface area contributed by atoms with E-state index in [9.17, 15) is 19.1 Å². The lowest BCUT2D eigenvalue weighted by Gasteiger charge is -2.55. The molecule has 0 aliphatic carbocycles. The molecule has 1 saturated heterocycles. The van der Waals surface area contributed by atoms with E-state index < -0.39 is 17.3 Å². The maximum Gasteiger partial charge on any atom is 0.321 e. The molecule has 6 rings (SSSR count). The summed E-state index contributed by atoms with van der Waals surface area (Å²) in [5.74, 6) is 0.0697. The van der Waals surface area contributed by atoms with Crippen molar-refractivity contribution in [3.05, 3.63) is 95.4 Å². The molecule has 1 aromatic heterocycles. The Bertz CT molecular complexity index is 1530. The van der Waals surface area contributed by atoms with E-state index in [2.05, 4.69) is 10.3 Å². The van der Waals surface area contributed by atoms with E-state index in [1.165, 1.54) is 18.2 Å². The first-order chi connectivity index (χ1) is 18.4. The summed E-state index contributed by atoms with van der Waals surface area (Å²) >= 11 is 0. The Kier molecular flexibility index (Phi) is 5.80. The van der Waals surface area contributed by atoms with Crippen molar-refractivity contribution in [1.29, 1.82) is 0 Å². The van der Waals surface area contributed by atoms with Gasteiger partial charge in [0, 0.05) is 53.5 Å². The van der Waals surface area contributed by atoms with Gasteiger partial charge >= 0.3 is 6.03 Å². The highest BCUT2D eigenvalue weighted by atomic mass is 19.1. The molecule has 0 saturated carbocycles. The third kappa shape index (κ3) is 3.86. The number of aromatic amines is 1. The van der Waals surface area contributed by atoms with Gasteiger partial charge in [-0.25, -0.2) is 9.18 Å². The topological polar surface area (TPSA) is 97.9 Å². The second-order valence-electron chi connectivity index (χ2n) is 9.90. The molecule has 1 atom stereocenters. The van der Waals surface area contributed by atoms with E-state index >= 15 is 0 Å². The molecule has 3 aromatic carbocycles. The Morgan fingerprint density at radius 1 is 1.08 bits per heavy atom. The van der Waals surface area contributed by atoms with Crippen LogP contribution in [0, 0.1) is 5.82 Å². The van der Waals surface area contributed by atoms with Gasteiger partial charge in [-0.15, -0.1) is 0 Å². The average molecular weight is 515 g/mol. The zero-order chi connectivity index (χ0) is 26.4. The van der Waals surface area contributed by atoms with Crippen molar-refractivity contribution in [3.8, 4) is 5.75 Å². The van der Waals surface area contributed by atoms with Crippen LogP contribution < -0.4 is 10.1 Å². The molecule has 8 nitrogen and oxygen atoms in total. The van der Waals surface area contributed by atoms with Crippen molar-refractivity contribution in [2.24, 2.45) is 0 Å². The number of H-pyrrole nitrogens is 1. The van der Waals surface area contributed by atoms with Crippen LogP contribution in [0.15, 0.2) is 72.8 Å². The Hall–Kier alpha value is -4.37. The SMILES string of the molecule is COc1ccc2c3c([nH]c2c1)[C@H](CO)N(C(=O)c1ccccc1)CC31CN(C(=O)Nc2cccc(F)c2)C1. The predicted molar refractivity (Wildman–Crippen MR) is 141 cm³/mol. The van der Waals surface area contributed by atoms with Gasteiger partial charge < -0.3 is 29.9 Å². The summed E-state index contributed by atoms with van der Waals surface area (Å²) in [4.78, 5) is 33.5. The smallest absolute Gasteiger partial charge is 0.321 e. The minimum atomic E-state index is -0.572. The van der Waals surface area contributed by atoms with Crippen molar-refractivity contribution < 1.29 is 23.8 Å². The molecule has 0 bridgehead atoms. The van der Waals surface area contributed by atoms with Crippen LogP contribution in [0.2, 0.25) is 0 Å². The predicted octanol–water partition coefficient (Wildman–Crippen LogP) is 4.29. The Labute approximate surface area is 218 Å². The van der Waals surface area contributed by atoms with Gasteiger partial charge in [0.05, 0.1) is 25.2 Å². The first-order valence-corrected chi connectivity index (χ1v) is 12.4. The molecule has 4 aromatic rings. The summed E-state index contributed by atoms with van der Waals surface area (Å²) in [6.45, 7) is 0.796. The van der Waals surface area contributed by atoms with Crippen molar-refractivity contribution in [2.75, 3.05) is 38.7 Å². The summed E-state index contributed by atoms with van der Waals surface area (Å²) in [5, 5.41) is 14.2. The van der Waals surface area contributed by atoms with Gasteiger partial charge in [0.25, 0.3) is 5.91 Å². The number of aliphatic hydroxyl groups excluding tert-OH is 1. The highest BCUT2D eigenvalue weighted by Gasteiger charge is 2.55. The fraction of sp³-hybridized carbons (Fsp3) is 0.241. The lowest BCUT2D eigenvalue weighted by Crippen LogP contribution is -2.68. The number of carbonyl (C=O) groups excluding carboxylic acids is 2. The lowest BCUT2D eigenvalue weighted by atomic mass is 9.68. The van der Waals surface area contributed by atoms with E-state index in [1.54, 1.807) is 35.1 Å². The van der Waals surface area contributed by atoms with Crippen molar-refractivity contribution in [2.45, 2.75) is 11.5 Å². The van der Waals surface area contributed by atoms with Gasteiger partial charge in [0.1, 0.15) is 11.6 Å². The highest BCUT2D eigenvalue weighted by Crippen LogP contribution is 2.49. The minimum Gasteiger partial charge on any atom is -0.497 e. The Morgan fingerprint density at radius 3 is 2.58 bits per heavy atom. The highest BCUT2D eigenvalue weighted by molar-refractivity contribution is 5.96. The number of likely N-dealkylation sites (tertiary alicyclic amines) is 1. The normalized spacial score (nSPS) is 17.7. The maximum absolute atomic E-state index is 13.7. The van der Waals surface area contributed by atoms with Gasteiger partial charge in [-0.05, 0) is 48.0 Å². The number of anilines is 1. The number of aliphatic hydroxyl groups is 1. The molecule has 1 spiro atoms. The number of nitrogens with zero attached hydrogens (tertiary/aromatic N) is 2. The molecule has 1 fully saturated rings. The summed E-state index contributed by atoms with van der Waals surface area (Å²) in [6, 6.07) is 19.6. The summed E-state index contributed by atoms with van der Waals surface area (Å²) in [5.41, 5.74) is 2.96. The second-order valence-corrected chi connectivity index (χ2v) is 9.90. The molecule has 3 amide bonds. The van der Waals surface area contributed by atoms with Crippen LogP contribution in [0.4, 0.5) is 14.9 Å². The van der Waals surface area contributed by atoms with E-state index in [0.717, 1.165) is 22.2 Å². The van der Waals surface area contributed by atoms with Crippen molar-refractivity contribution in [1.82, 2.24) is 14.8 Å². The third-order valence-corrected chi connectivity index (χ3v) is 7.55. The number of methoxy groups -OCH3 is 1. The summed E-state index contributed by atoms with van der Waals surface area (Å²) < 4.78 is 19.0. The van der Waals surface area contributed by atoms with Gasteiger partial charge in [-0.1, -0.05) is 24.3 Å². The second kappa shape index (κ2) is 9.18. The number of urea groups is 1. The van der Waals surface area contributed by atoms with Crippen LogP contribution in [0.25, 0.3) is 10.9 Å². The summed E-state index contributed by atoms with van der Waals surface area (Å²) in [7, 11) is 1.60. The van der Waals surface area contributed by atoms with Gasteiger partial charge in [-0.2, -0.15) is 0 Å². The largest absolute Gasteiger partial charge is 0.497 e. The number of fused-ring (bicyclic) bond motifs is 4. The number of hydrogen-bond acceptors (Lipinski definition) is 4. The number of ether oxygens (including phenoxy) is 1. The first-order valence-electron chi connectivity index (χ1n) is 12.4. The Morgan fingerprint density at radius 2 is 1.87 bits per heavy atom. The van der Waals surface area contributed by atoms with Gasteiger partial charge in [-0.3, -0.25) is 4.79 Å². The molecule has 2 aliphatic rings. The molecule has 0 radical (unpaired) electrons. The number of nitrogens with one attached hydrogen (secondary N) is 2. The fourth-order valence-electron chi connectivity index (χ4n) is 5.82. The maximum atomic E-state index is 13.7. The lowest BCUT2D eigenvalue weighted by molar-refractivity contribution is 0.0159. The first kappa shape index (κ1) is 24.0. The minimum absolute atomic E-state index is 0.187. The molecule has 194 valence electrons. The van der Waals surface area contributed by atoms with Crippen molar-refractivity contribution >= 4 is 28.5 Å². The monoisotopic (exact) mass is 514 g/mol. The number of rotatable bonds is 4. The number of benzene rings is 3. The number of carbonyl (C=O) groups is 2. The number of hydrogen-bond donors (Lipinski definition) is 3. The van der Waals surface area contributed by atoms with E-state index in [4.69, 9.17) is 4.74 Å². The quantitative estimate of drug-likeness (QED) is 0.379. The van der Waals surface area contributed by atoms with Crippen LogP contribution in [0.5, 0.6) is 5.75 Å². The number of aromatic nitrogens is 1. The number of halogens is 1. The average Bonchev–Trinajstić information content (AvgIpc) is 3.30. The van der Waals surface area contributed by atoms with Crippen molar-refractivity contribution in [3.63, 3.8) is 0 Å². The van der Waals surface area contributed by atoms with Crippen LogP contribution in [0.1, 0.15) is 27.7 Å². The molecule has 3 heterocycles. The van der Waals surface area contributed by atoms with E-state index in [-0.39, 0.29) is 18.5 Å². The molecule has 9 heteroatoms. The van der Waals surface area contributed by atoms with Crippen LogP contribution >= 0.6 is 0 Å². The zero-order valence-corrected chi connectivity index (χ0v) is 20.8. The fourth-order valence-corrected chi connectivity index (χ4v) is 5.82. The molecular formula is C29H27FN4O4. The Balaban J connectivity index is 1.38. The van der Waals surface area contributed by atoms with E-state index in [1.807, 2.05) is 36.4 Å². The number of amides is 3. The van der Waals surface area contributed by atoms with E-state index in [0.29, 0.717) is 36.6 Å². The molecule has 38 heavy (non-hydrogen) atoms. The van der Waals surface area contributed by atoms with Crippen LogP contribution in [-0.4, -0.2) is 65.2 Å². The standard InChI is InChI=1S/C29H27FN4O4/c1-38-21-10-11-22-23(13-21)32-26-24(14-35)34(27(36)18-6-3-2-4-7-18)17-29(25(22)26)15-33(16-29)28(37)31-20-9-5-8-19(30)12-20/h2-13,24,32,35H,14-17H2,1H3,(H,31,37)/t24-/m0/s1. The zero-order valence-electron chi connectivity index (χ0n) is 20.8. The molecule has 2 aliphatic heterocycles. The molecule has 3 N–H and O–H groups in total. The molecule has 0 unspecified atom stereocenters. The van der Waals surface area contributed by atoms with Gasteiger partial charge in [0.15, 0.2) is 0 Å². The third-order valence-electron chi connectivity index (χ3n) is 7.55. The van der Waals surface area contributed by atoms with Gasteiger partial charge in [0.2, 0.25) is 0 Å². The van der Waals surface area contributed by atoms with Crippen LogP contribution in [-0.2, 0) is 5.41 Å². The van der Waals surface area contributed by atoms with Crippen LogP contribution in [0.3, 0.4) is 0 Å². The summed E-state index contributed by atoms with van der Waals surface area (Å²) in [6.07, 6.45) is 0. The molecular weight excluding hydrogens is 487 g/mol.